The summed E-state index contributed by atoms with van der Waals surface area (Å²) < 4.78 is 5.64. The van der Waals surface area contributed by atoms with Crippen LogP contribution in [0, 0.1) is 0 Å². The number of fused-ring (bicyclic) bond motifs is 3. The number of hydrogen-bond donors (Lipinski definition) is 3. The lowest BCUT2D eigenvalue weighted by Crippen LogP contribution is -2.49. The molecule has 1 saturated carbocycles. The standard InChI is InChI=1S/C28H34N2O5/c1-2-9-19(16-25(31)30-28(17-26(32)33)14-7-8-15-28)29-27(34)35-18-24-22-12-5-3-10-20(22)21-11-4-6-13-23(21)24/h3-6,10-13,19,24H,2,7-9,14-18H2,1H3,(H,29,34)(H,30,31)(H,32,33)/t19-/m0/s1. The topological polar surface area (TPSA) is 105 Å². The van der Waals surface area contributed by atoms with E-state index in [9.17, 15) is 19.5 Å². The number of carboxylic acids is 1. The minimum absolute atomic E-state index is 0.0284. The zero-order valence-electron chi connectivity index (χ0n) is 20.2. The van der Waals surface area contributed by atoms with Gasteiger partial charge in [-0.05, 0) is 41.5 Å². The van der Waals surface area contributed by atoms with Crippen molar-refractivity contribution in [2.75, 3.05) is 6.61 Å². The first kappa shape index (κ1) is 24.8. The van der Waals surface area contributed by atoms with Crippen LogP contribution in [0.3, 0.4) is 0 Å². The van der Waals surface area contributed by atoms with Gasteiger partial charge in [-0.3, -0.25) is 9.59 Å². The second-order valence-electron chi connectivity index (χ2n) is 9.77. The van der Waals surface area contributed by atoms with Crippen LogP contribution in [-0.4, -0.2) is 41.3 Å². The van der Waals surface area contributed by atoms with E-state index in [2.05, 4.69) is 34.9 Å². The summed E-state index contributed by atoms with van der Waals surface area (Å²) in [6.07, 6.45) is 4.06. The highest BCUT2D eigenvalue weighted by Gasteiger charge is 2.38. The lowest BCUT2D eigenvalue weighted by atomic mass is 9.92. The fraction of sp³-hybridized carbons (Fsp3) is 0.464. The summed E-state index contributed by atoms with van der Waals surface area (Å²) in [4.78, 5) is 36.8. The SMILES string of the molecule is CCC[C@@H](CC(=O)NC1(CC(=O)O)CCCC1)NC(=O)OCC1c2ccccc2-c2ccccc21. The Hall–Kier alpha value is -3.35. The summed E-state index contributed by atoms with van der Waals surface area (Å²) in [5.74, 6) is -1.17. The van der Waals surface area contributed by atoms with Crippen LogP contribution in [-0.2, 0) is 14.3 Å². The van der Waals surface area contributed by atoms with Crippen molar-refractivity contribution < 1.29 is 24.2 Å². The summed E-state index contributed by atoms with van der Waals surface area (Å²) in [7, 11) is 0. The number of aliphatic carboxylic acids is 1. The van der Waals surface area contributed by atoms with Crippen molar-refractivity contribution >= 4 is 18.0 Å². The Kier molecular flexibility index (Phi) is 7.73. The van der Waals surface area contributed by atoms with Crippen molar-refractivity contribution in [3.63, 3.8) is 0 Å². The Morgan fingerprint density at radius 1 is 1.03 bits per heavy atom. The number of ether oxygens (including phenoxy) is 1. The highest BCUT2D eigenvalue weighted by molar-refractivity contribution is 5.80. The van der Waals surface area contributed by atoms with Gasteiger partial charge in [0.2, 0.25) is 5.91 Å². The number of carbonyl (C=O) groups is 3. The van der Waals surface area contributed by atoms with Gasteiger partial charge < -0.3 is 20.5 Å². The highest BCUT2D eigenvalue weighted by atomic mass is 16.5. The van der Waals surface area contributed by atoms with Gasteiger partial charge in [0, 0.05) is 18.4 Å². The molecule has 0 bridgehead atoms. The Balaban J connectivity index is 1.35. The Morgan fingerprint density at radius 2 is 1.63 bits per heavy atom. The van der Waals surface area contributed by atoms with Crippen LogP contribution in [0.1, 0.15) is 75.3 Å². The molecule has 2 amide bonds. The van der Waals surface area contributed by atoms with Crippen LogP contribution in [0.5, 0.6) is 0 Å². The van der Waals surface area contributed by atoms with Crippen molar-refractivity contribution in [1.82, 2.24) is 10.6 Å². The summed E-state index contributed by atoms with van der Waals surface area (Å²) in [6.45, 7) is 2.21. The second kappa shape index (κ2) is 10.9. The van der Waals surface area contributed by atoms with E-state index in [1.165, 1.54) is 11.1 Å². The molecular formula is C28H34N2O5. The lowest BCUT2D eigenvalue weighted by Gasteiger charge is -2.29. The number of carboxylic acid groups (broad SMARTS) is 1. The number of alkyl carbamates (subject to hydrolysis) is 1. The van der Waals surface area contributed by atoms with E-state index in [1.807, 2.05) is 31.2 Å². The molecule has 2 aromatic carbocycles. The number of amides is 2. The fourth-order valence-corrected chi connectivity index (χ4v) is 5.64. The molecule has 1 atom stereocenters. The summed E-state index contributed by atoms with van der Waals surface area (Å²) >= 11 is 0. The molecule has 2 aliphatic rings. The molecule has 0 heterocycles. The molecule has 0 saturated heterocycles. The van der Waals surface area contributed by atoms with Crippen molar-refractivity contribution in [2.24, 2.45) is 0 Å². The molecule has 4 rings (SSSR count). The summed E-state index contributed by atoms with van der Waals surface area (Å²) in [6, 6.07) is 16.0. The third kappa shape index (κ3) is 5.84. The minimum atomic E-state index is -0.908. The van der Waals surface area contributed by atoms with Gasteiger partial charge >= 0.3 is 12.1 Å². The van der Waals surface area contributed by atoms with E-state index in [1.54, 1.807) is 0 Å². The van der Waals surface area contributed by atoms with Crippen molar-refractivity contribution in [2.45, 2.75) is 75.8 Å². The Labute approximate surface area is 206 Å². The smallest absolute Gasteiger partial charge is 0.407 e. The zero-order chi connectivity index (χ0) is 24.8. The largest absolute Gasteiger partial charge is 0.481 e. The first-order valence-electron chi connectivity index (χ1n) is 12.5. The molecule has 7 nitrogen and oxygen atoms in total. The normalized spacial score (nSPS) is 16.7. The monoisotopic (exact) mass is 478 g/mol. The van der Waals surface area contributed by atoms with Gasteiger partial charge in [0.05, 0.1) is 12.0 Å². The highest BCUT2D eigenvalue weighted by Crippen LogP contribution is 2.44. The van der Waals surface area contributed by atoms with E-state index in [-0.39, 0.29) is 37.3 Å². The molecule has 7 heteroatoms. The third-order valence-electron chi connectivity index (χ3n) is 7.19. The predicted molar refractivity (Wildman–Crippen MR) is 133 cm³/mol. The predicted octanol–water partition coefficient (Wildman–Crippen LogP) is 4.99. The molecule has 186 valence electrons. The zero-order valence-corrected chi connectivity index (χ0v) is 20.2. The molecule has 0 unspecified atom stereocenters. The number of benzene rings is 2. The second-order valence-corrected chi connectivity index (χ2v) is 9.77. The molecule has 3 N–H and O–H groups in total. The van der Waals surface area contributed by atoms with Crippen LogP contribution < -0.4 is 10.6 Å². The van der Waals surface area contributed by atoms with E-state index in [0.717, 1.165) is 30.4 Å². The van der Waals surface area contributed by atoms with E-state index < -0.39 is 17.6 Å². The van der Waals surface area contributed by atoms with Gasteiger partial charge in [-0.15, -0.1) is 0 Å². The molecule has 35 heavy (non-hydrogen) atoms. The Bertz CT molecular complexity index is 1030. The molecule has 0 spiro atoms. The van der Waals surface area contributed by atoms with Crippen LogP contribution in [0.4, 0.5) is 4.79 Å². The van der Waals surface area contributed by atoms with Crippen LogP contribution in [0.2, 0.25) is 0 Å². The average Bonchev–Trinajstić information content (AvgIpc) is 3.39. The van der Waals surface area contributed by atoms with Crippen molar-refractivity contribution in [1.29, 1.82) is 0 Å². The van der Waals surface area contributed by atoms with Crippen LogP contribution in [0.25, 0.3) is 11.1 Å². The van der Waals surface area contributed by atoms with Crippen molar-refractivity contribution in [3.05, 3.63) is 59.7 Å². The lowest BCUT2D eigenvalue weighted by molar-refractivity contribution is -0.139. The van der Waals surface area contributed by atoms with Gasteiger partial charge in [0.15, 0.2) is 0 Å². The first-order valence-corrected chi connectivity index (χ1v) is 12.5. The summed E-state index contributed by atoms with van der Waals surface area (Å²) in [5.41, 5.74) is 3.95. The van der Waals surface area contributed by atoms with Gasteiger partial charge in [-0.2, -0.15) is 0 Å². The molecular weight excluding hydrogens is 444 g/mol. The molecule has 0 radical (unpaired) electrons. The van der Waals surface area contributed by atoms with E-state index in [0.29, 0.717) is 19.3 Å². The quantitative estimate of drug-likeness (QED) is 0.446. The number of rotatable bonds is 10. The van der Waals surface area contributed by atoms with Crippen LogP contribution in [0.15, 0.2) is 48.5 Å². The van der Waals surface area contributed by atoms with E-state index in [4.69, 9.17) is 4.74 Å². The number of carbonyl (C=O) groups excluding carboxylic acids is 2. The molecule has 2 aromatic rings. The fourth-order valence-electron chi connectivity index (χ4n) is 5.64. The van der Waals surface area contributed by atoms with Crippen molar-refractivity contribution in [3.8, 4) is 11.1 Å². The molecule has 0 aromatic heterocycles. The van der Waals surface area contributed by atoms with Gasteiger partial charge in [0.25, 0.3) is 0 Å². The van der Waals surface area contributed by atoms with E-state index >= 15 is 0 Å². The molecule has 0 aliphatic heterocycles. The van der Waals surface area contributed by atoms with Gasteiger partial charge in [-0.1, -0.05) is 74.7 Å². The maximum absolute atomic E-state index is 12.8. The minimum Gasteiger partial charge on any atom is -0.481 e. The molecule has 1 fully saturated rings. The van der Waals surface area contributed by atoms with Gasteiger partial charge in [0.1, 0.15) is 6.61 Å². The van der Waals surface area contributed by atoms with Crippen LogP contribution >= 0.6 is 0 Å². The maximum atomic E-state index is 12.8. The van der Waals surface area contributed by atoms with Gasteiger partial charge in [-0.25, -0.2) is 4.79 Å². The maximum Gasteiger partial charge on any atom is 0.407 e. The average molecular weight is 479 g/mol. The Morgan fingerprint density at radius 3 is 2.20 bits per heavy atom. The number of nitrogens with one attached hydrogen (secondary N) is 2. The summed E-state index contributed by atoms with van der Waals surface area (Å²) in [5, 5.41) is 15.1. The first-order chi connectivity index (χ1) is 16.9. The number of hydrogen-bond acceptors (Lipinski definition) is 4. The third-order valence-corrected chi connectivity index (χ3v) is 7.19. The molecule has 2 aliphatic carbocycles.